The molecule has 6 heteroatoms. The molecule has 0 aliphatic carbocycles. The minimum Gasteiger partial charge on any atom is -0.497 e. The second-order valence-electron chi connectivity index (χ2n) is 8.46. The van der Waals surface area contributed by atoms with Crippen molar-refractivity contribution in [3.05, 3.63) is 24.3 Å². The van der Waals surface area contributed by atoms with E-state index < -0.39 is 0 Å². The van der Waals surface area contributed by atoms with Gasteiger partial charge < -0.3 is 19.2 Å². The highest BCUT2D eigenvalue weighted by Crippen LogP contribution is 2.35. The Hall–Kier alpha value is -1.63. The first-order valence-corrected chi connectivity index (χ1v) is 9.69. The Morgan fingerprint density at radius 3 is 2.37 bits per heavy atom. The SMILES string of the molecule is COc1ccc(N2CCC(CN(C)N)(OC(C)(C)CC(C)C=O)CC2)cc1. The lowest BCUT2D eigenvalue weighted by Gasteiger charge is -2.47. The molecule has 0 aromatic heterocycles. The number of nitrogens with two attached hydrogens (primary N) is 1. The number of likely N-dealkylation sites (N-methyl/N-ethyl adjacent to an activating group) is 1. The third-order valence-electron chi connectivity index (χ3n) is 5.19. The predicted octanol–water partition coefficient (Wildman–Crippen LogP) is 2.86. The topological polar surface area (TPSA) is 68.0 Å². The predicted molar refractivity (Wildman–Crippen MR) is 109 cm³/mol. The fourth-order valence-electron chi connectivity index (χ4n) is 4.16. The molecule has 1 aliphatic heterocycles. The van der Waals surface area contributed by atoms with Crippen LogP contribution in [-0.4, -0.2) is 56.3 Å². The maximum absolute atomic E-state index is 11.1. The zero-order valence-corrected chi connectivity index (χ0v) is 17.4. The molecule has 0 spiro atoms. The van der Waals surface area contributed by atoms with Crippen molar-refractivity contribution in [3.8, 4) is 5.75 Å². The Kier molecular flexibility index (Phi) is 7.25. The molecule has 1 unspecified atom stereocenters. The van der Waals surface area contributed by atoms with Crippen LogP contribution >= 0.6 is 0 Å². The van der Waals surface area contributed by atoms with Crippen LogP contribution in [-0.2, 0) is 9.53 Å². The van der Waals surface area contributed by atoms with E-state index in [-0.39, 0.29) is 17.1 Å². The first-order valence-electron chi connectivity index (χ1n) is 9.69. The highest BCUT2D eigenvalue weighted by atomic mass is 16.5. The summed E-state index contributed by atoms with van der Waals surface area (Å²) >= 11 is 0. The molecule has 0 amide bonds. The van der Waals surface area contributed by atoms with Gasteiger partial charge in [0.1, 0.15) is 12.0 Å². The molecule has 1 aliphatic rings. The highest BCUT2D eigenvalue weighted by molar-refractivity contribution is 5.52. The molecular formula is C21H35N3O3. The van der Waals surface area contributed by atoms with Gasteiger partial charge in [-0.1, -0.05) is 6.92 Å². The lowest BCUT2D eigenvalue weighted by molar-refractivity contribution is -0.167. The lowest BCUT2D eigenvalue weighted by atomic mass is 9.87. The highest BCUT2D eigenvalue weighted by Gasteiger charge is 2.41. The number of hydrogen-bond donors (Lipinski definition) is 1. The summed E-state index contributed by atoms with van der Waals surface area (Å²) in [6.45, 7) is 8.55. The maximum atomic E-state index is 11.1. The van der Waals surface area contributed by atoms with Crippen LogP contribution < -0.4 is 15.5 Å². The van der Waals surface area contributed by atoms with E-state index in [1.807, 2.05) is 26.1 Å². The average molecular weight is 378 g/mol. The molecule has 1 atom stereocenters. The Labute approximate surface area is 163 Å². The largest absolute Gasteiger partial charge is 0.497 e. The van der Waals surface area contributed by atoms with Crippen molar-refractivity contribution >= 4 is 12.0 Å². The van der Waals surface area contributed by atoms with Crippen molar-refractivity contribution in [2.75, 3.05) is 38.7 Å². The van der Waals surface area contributed by atoms with Gasteiger partial charge in [0.2, 0.25) is 0 Å². The maximum Gasteiger partial charge on any atom is 0.122 e. The molecule has 2 rings (SSSR count). The molecule has 2 N–H and O–H groups in total. The Balaban J connectivity index is 2.08. The minimum absolute atomic E-state index is 0.0213. The molecule has 27 heavy (non-hydrogen) atoms. The summed E-state index contributed by atoms with van der Waals surface area (Å²) < 4.78 is 11.9. The van der Waals surface area contributed by atoms with Crippen LogP contribution in [0.4, 0.5) is 5.69 Å². The number of anilines is 1. The number of piperidine rings is 1. The van der Waals surface area contributed by atoms with Crippen LogP contribution in [0.15, 0.2) is 24.3 Å². The number of ether oxygens (including phenoxy) is 2. The number of rotatable bonds is 9. The molecular weight excluding hydrogens is 342 g/mol. The van der Waals surface area contributed by atoms with Gasteiger partial charge in [-0.25, -0.2) is 5.01 Å². The van der Waals surface area contributed by atoms with E-state index in [1.165, 1.54) is 5.69 Å². The number of nitrogens with zero attached hydrogens (tertiary/aromatic N) is 2. The zero-order chi connectivity index (χ0) is 20.1. The average Bonchev–Trinajstić information content (AvgIpc) is 2.61. The van der Waals surface area contributed by atoms with Crippen molar-refractivity contribution in [1.29, 1.82) is 0 Å². The standard InChI is InChI=1S/C21H35N3O3/c1-17(15-25)14-20(2,3)27-21(16-23(4)22)10-12-24(13-11-21)18-6-8-19(26-5)9-7-18/h6-9,15,17H,10-14,16,22H2,1-5H3. The summed E-state index contributed by atoms with van der Waals surface area (Å²) in [4.78, 5) is 13.5. The smallest absolute Gasteiger partial charge is 0.122 e. The number of carbonyl (C=O) groups excluding carboxylic acids is 1. The molecule has 6 nitrogen and oxygen atoms in total. The number of hydrogen-bond acceptors (Lipinski definition) is 6. The summed E-state index contributed by atoms with van der Waals surface area (Å²) in [5.41, 5.74) is 0.510. The second-order valence-corrected chi connectivity index (χ2v) is 8.46. The van der Waals surface area contributed by atoms with Gasteiger partial charge in [-0.3, -0.25) is 5.84 Å². The van der Waals surface area contributed by atoms with Crippen molar-refractivity contribution < 1.29 is 14.3 Å². The van der Waals surface area contributed by atoms with E-state index in [1.54, 1.807) is 12.1 Å². The number of aldehydes is 1. The van der Waals surface area contributed by atoms with Gasteiger partial charge in [0, 0.05) is 38.3 Å². The molecule has 1 aromatic carbocycles. The number of methoxy groups -OCH3 is 1. The van der Waals surface area contributed by atoms with Crippen molar-refractivity contribution in [3.63, 3.8) is 0 Å². The first kappa shape index (κ1) is 21.7. The monoisotopic (exact) mass is 377 g/mol. The van der Waals surface area contributed by atoms with Gasteiger partial charge in [0.15, 0.2) is 0 Å². The van der Waals surface area contributed by atoms with Gasteiger partial charge in [-0.15, -0.1) is 0 Å². The summed E-state index contributed by atoms with van der Waals surface area (Å²) in [6, 6.07) is 8.17. The van der Waals surface area contributed by atoms with Crippen molar-refractivity contribution in [2.45, 2.75) is 51.2 Å². The molecule has 0 bridgehead atoms. The van der Waals surface area contributed by atoms with Crippen LogP contribution in [0.3, 0.4) is 0 Å². The number of benzene rings is 1. The van der Waals surface area contributed by atoms with Crippen LogP contribution in [0.2, 0.25) is 0 Å². The minimum atomic E-state index is -0.376. The van der Waals surface area contributed by atoms with E-state index in [0.717, 1.165) is 38.0 Å². The van der Waals surface area contributed by atoms with E-state index in [0.29, 0.717) is 13.0 Å². The van der Waals surface area contributed by atoms with Gasteiger partial charge in [0.25, 0.3) is 0 Å². The van der Waals surface area contributed by atoms with Crippen molar-refractivity contribution in [1.82, 2.24) is 5.01 Å². The second kappa shape index (κ2) is 9.04. The zero-order valence-electron chi connectivity index (χ0n) is 17.4. The van der Waals surface area contributed by atoms with E-state index in [9.17, 15) is 4.79 Å². The molecule has 1 aromatic rings. The fourth-order valence-corrected chi connectivity index (χ4v) is 4.16. The summed E-state index contributed by atoms with van der Waals surface area (Å²) in [5.74, 6) is 6.85. The van der Waals surface area contributed by atoms with Crippen LogP contribution in [0.1, 0.15) is 40.0 Å². The summed E-state index contributed by atoms with van der Waals surface area (Å²) in [6.07, 6.45) is 3.48. The third-order valence-corrected chi connectivity index (χ3v) is 5.19. The summed E-state index contributed by atoms with van der Waals surface area (Å²) in [7, 11) is 3.56. The van der Waals surface area contributed by atoms with Crippen LogP contribution in [0.5, 0.6) is 5.75 Å². The molecule has 152 valence electrons. The fraction of sp³-hybridized carbons (Fsp3) is 0.667. The molecule has 1 heterocycles. The lowest BCUT2D eigenvalue weighted by Crippen LogP contribution is -2.56. The van der Waals surface area contributed by atoms with E-state index >= 15 is 0 Å². The summed E-state index contributed by atoms with van der Waals surface area (Å²) in [5, 5.41) is 1.71. The molecule has 1 fully saturated rings. The number of carbonyl (C=O) groups is 1. The van der Waals surface area contributed by atoms with Crippen molar-refractivity contribution in [2.24, 2.45) is 11.8 Å². The van der Waals surface area contributed by atoms with Crippen LogP contribution in [0.25, 0.3) is 0 Å². The molecule has 1 saturated heterocycles. The normalized spacial score (nSPS) is 18.4. The Morgan fingerprint density at radius 1 is 1.30 bits per heavy atom. The number of hydrazine groups is 1. The van der Waals surface area contributed by atoms with Crippen LogP contribution in [0, 0.1) is 5.92 Å². The quantitative estimate of drug-likeness (QED) is 0.405. The molecule has 0 saturated carbocycles. The Morgan fingerprint density at radius 2 is 1.89 bits per heavy atom. The Bertz CT molecular complexity index is 593. The van der Waals surface area contributed by atoms with Gasteiger partial charge in [0.05, 0.1) is 18.3 Å². The molecule has 0 radical (unpaired) electrons. The van der Waals surface area contributed by atoms with E-state index in [4.69, 9.17) is 15.3 Å². The first-order chi connectivity index (χ1) is 12.7. The van der Waals surface area contributed by atoms with Gasteiger partial charge in [-0.05, 0) is 57.4 Å². The van der Waals surface area contributed by atoms with Gasteiger partial charge in [-0.2, -0.15) is 0 Å². The van der Waals surface area contributed by atoms with E-state index in [2.05, 4.69) is 30.9 Å². The third kappa shape index (κ3) is 6.19. The van der Waals surface area contributed by atoms with Gasteiger partial charge >= 0.3 is 0 Å².